The quantitative estimate of drug-likeness (QED) is 0.723. The van der Waals surface area contributed by atoms with Crippen LogP contribution in [0.25, 0.3) is 10.9 Å². The SMILES string of the molecule is Cc1cc(NC(=O)c2ccc3[nH]c(C)c(C)c3c2)ccc1N1CCCC1=O. The number of hydrogen-bond acceptors (Lipinski definition) is 2. The van der Waals surface area contributed by atoms with Crippen molar-refractivity contribution in [3.05, 3.63) is 58.8 Å². The molecule has 2 aromatic carbocycles. The highest BCUT2D eigenvalue weighted by Crippen LogP contribution is 2.28. The van der Waals surface area contributed by atoms with E-state index in [-0.39, 0.29) is 11.8 Å². The number of H-pyrrole nitrogens is 1. The van der Waals surface area contributed by atoms with Crippen molar-refractivity contribution >= 4 is 34.1 Å². The van der Waals surface area contributed by atoms with Gasteiger partial charge >= 0.3 is 0 Å². The average Bonchev–Trinajstić information content (AvgIpc) is 3.18. The van der Waals surface area contributed by atoms with Gasteiger partial charge in [0.1, 0.15) is 0 Å². The molecule has 3 aromatic rings. The molecular weight excluding hydrogens is 338 g/mol. The van der Waals surface area contributed by atoms with Crippen LogP contribution in [-0.2, 0) is 4.79 Å². The molecule has 0 bridgehead atoms. The van der Waals surface area contributed by atoms with E-state index in [1.165, 1.54) is 0 Å². The van der Waals surface area contributed by atoms with Crippen molar-refractivity contribution in [1.82, 2.24) is 4.98 Å². The molecule has 0 saturated carbocycles. The van der Waals surface area contributed by atoms with E-state index in [1.807, 2.05) is 55.1 Å². The first-order valence-corrected chi connectivity index (χ1v) is 9.25. The van der Waals surface area contributed by atoms with Crippen molar-refractivity contribution in [2.24, 2.45) is 0 Å². The zero-order valence-electron chi connectivity index (χ0n) is 15.8. The molecule has 0 unspecified atom stereocenters. The molecule has 1 saturated heterocycles. The Hall–Kier alpha value is -3.08. The summed E-state index contributed by atoms with van der Waals surface area (Å²) in [6, 6.07) is 11.4. The lowest BCUT2D eigenvalue weighted by Crippen LogP contribution is -2.24. The molecule has 2 N–H and O–H groups in total. The van der Waals surface area contributed by atoms with E-state index in [1.54, 1.807) is 0 Å². The molecule has 2 amide bonds. The van der Waals surface area contributed by atoms with Crippen LogP contribution in [0.2, 0.25) is 0 Å². The number of aromatic nitrogens is 1. The zero-order chi connectivity index (χ0) is 19.1. The molecule has 1 aliphatic rings. The van der Waals surface area contributed by atoms with Crippen LogP contribution in [0.3, 0.4) is 0 Å². The topological polar surface area (TPSA) is 65.2 Å². The number of nitrogens with one attached hydrogen (secondary N) is 2. The Balaban J connectivity index is 1.57. The highest BCUT2D eigenvalue weighted by Gasteiger charge is 2.23. The minimum atomic E-state index is -0.139. The Kier molecular flexibility index (Phi) is 4.22. The van der Waals surface area contributed by atoms with Crippen LogP contribution in [0.4, 0.5) is 11.4 Å². The largest absolute Gasteiger partial charge is 0.358 e. The maximum Gasteiger partial charge on any atom is 0.255 e. The maximum atomic E-state index is 12.7. The third kappa shape index (κ3) is 3.10. The molecule has 0 atom stereocenters. The Bertz CT molecular complexity index is 1060. The summed E-state index contributed by atoms with van der Waals surface area (Å²) in [5.41, 5.74) is 6.58. The molecule has 5 heteroatoms. The normalized spacial score (nSPS) is 14.2. The second-order valence-corrected chi connectivity index (χ2v) is 7.24. The number of fused-ring (bicyclic) bond motifs is 1. The zero-order valence-corrected chi connectivity index (χ0v) is 15.8. The van der Waals surface area contributed by atoms with E-state index in [0.29, 0.717) is 12.0 Å². The first-order chi connectivity index (χ1) is 12.9. The summed E-state index contributed by atoms with van der Waals surface area (Å²) in [6.07, 6.45) is 1.51. The first kappa shape index (κ1) is 17.3. The highest BCUT2D eigenvalue weighted by molar-refractivity contribution is 6.07. The van der Waals surface area contributed by atoms with Crippen LogP contribution in [-0.4, -0.2) is 23.3 Å². The van der Waals surface area contributed by atoms with E-state index in [9.17, 15) is 9.59 Å². The summed E-state index contributed by atoms with van der Waals surface area (Å²) in [4.78, 5) is 29.8. The number of anilines is 2. The summed E-state index contributed by atoms with van der Waals surface area (Å²) in [6.45, 7) is 6.82. The minimum absolute atomic E-state index is 0.139. The molecule has 2 heterocycles. The number of carbonyl (C=O) groups excluding carboxylic acids is 2. The fourth-order valence-electron chi connectivity index (χ4n) is 3.74. The van der Waals surface area contributed by atoms with Gasteiger partial charge in [0.2, 0.25) is 5.91 Å². The van der Waals surface area contributed by atoms with Crippen LogP contribution < -0.4 is 10.2 Å². The Morgan fingerprint density at radius 3 is 2.63 bits per heavy atom. The van der Waals surface area contributed by atoms with Crippen LogP contribution in [0, 0.1) is 20.8 Å². The predicted molar refractivity (Wildman–Crippen MR) is 108 cm³/mol. The van der Waals surface area contributed by atoms with E-state index < -0.39 is 0 Å². The summed E-state index contributed by atoms with van der Waals surface area (Å²) in [7, 11) is 0. The van der Waals surface area contributed by atoms with Gasteiger partial charge in [-0.2, -0.15) is 0 Å². The van der Waals surface area contributed by atoms with Gasteiger partial charge in [-0.1, -0.05) is 0 Å². The van der Waals surface area contributed by atoms with E-state index in [4.69, 9.17) is 0 Å². The van der Waals surface area contributed by atoms with Crippen molar-refractivity contribution in [3.8, 4) is 0 Å². The molecular formula is C22H23N3O2. The standard InChI is InChI=1S/C22H23N3O2/c1-13-11-17(7-9-20(13)25-10-4-5-21(25)26)24-22(27)16-6-8-19-18(12-16)14(2)15(3)23-19/h6-9,11-12,23H,4-5,10H2,1-3H3,(H,24,27). The summed E-state index contributed by atoms with van der Waals surface area (Å²) in [5, 5.41) is 4.04. The number of hydrogen-bond donors (Lipinski definition) is 2. The van der Waals surface area contributed by atoms with Crippen LogP contribution in [0.5, 0.6) is 0 Å². The number of carbonyl (C=O) groups is 2. The molecule has 4 rings (SSSR count). The summed E-state index contributed by atoms with van der Waals surface area (Å²) < 4.78 is 0. The van der Waals surface area contributed by atoms with Crippen LogP contribution >= 0.6 is 0 Å². The Labute approximate surface area is 158 Å². The molecule has 0 aliphatic carbocycles. The number of aryl methyl sites for hydroxylation is 3. The van der Waals surface area contributed by atoms with E-state index in [2.05, 4.69) is 17.2 Å². The maximum absolute atomic E-state index is 12.7. The number of amides is 2. The minimum Gasteiger partial charge on any atom is -0.358 e. The van der Waals surface area contributed by atoms with Crippen LogP contribution in [0.1, 0.15) is 40.0 Å². The fraction of sp³-hybridized carbons (Fsp3) is 0.273. The lowest BCUT2D eigenvalue weighted by Gasteiger charge is -2.19. The smallest absolute Gasteiger partial charge is 0.255 e. The second kappa shape index (κ2) is 6.58. The number of aromatic amines is 1. The van der Waals surface area contributed by atoms with Gasteiger partial charge in [0.05, 0.1) is 0 Å². The molecule has 1 aliphatic heterocycles. The number of benzene rings is 2. The first-order valence-electron chi connectivity index (χ1n) is 9.25. The number of nitrogens with zero attached hydrogens (tertiary/aromatic N) is 1. The van der Waals surface area contributed by atoms with Crippen molar-refractivity contribution in [1.29, 1.82) is 0 Å². The van der Waals surface area contributed by atoms with Gasteiger partial charge in [0, 0.05) is 46.5 Å². The Morgan fingerprint density at radius 2 is 1.93 bits per heavy atom. The molecule has 1 aromatic heterocycles. The third-order valence-electron chi connectivity index (χ3n) is 5.39. The van der Waals surface area contributed by atoms with Gasteiger partial charge in [0.25, 0.3) is 5.91 Å². The van der Waals surface area contributed by atoms with Gasteiger partial charge in [-0.15, -0.1) is 0 Å². The summed E-state index contributed by atoms with van der Waals surface area (Å²) in [5.74, 6) is 0.0277. The average molecular weight is 361 g/mol. The van der Waals surface area contributed by atoms with Gasteiger partial charge in [-0.05, 0) is 74.7 Å². The number of rotatable bonds is 3. The van der Waals surface area contributed by atoms with Crippen molar-refractivity contribution in [2.75, 3.05) is 16.8 Å². The van der Waals surface area contributed by atoms with E-state index in [0.717, 1.165) is 52.1 Å². The second-order valence-electron chi connectivity index (χ2n) is 7.24. The molecule has 27 heavy (non-hydrogen) atoms. The van der Waals surface area contributed by atoms with E-state index >= 15 is 0 Å². The van der Waals surface area contributed by atoms with Gasteiger partial charge < -0.3 is 15.2 Å². The monoisotopic (exact) mass is 361 g/mol. The van der Waals surface area contributed by atoms with Crippen LogP contribution in [0.15, 0.2) is 36.4 Å². The van der Waals surface area contributed by atoms with Gasteiger partial charge in [-0.25, -0.2) is 0 Å². The van der Waals surface area contributed by atoms with Gasteiger partial charge in [0.15, 0.2) is 0 Å². The molecule has 5 nitrogen and oxygen atoms in total. The molecule has 0 radical (unpaired) electrons. The highest BCUT2D eigenvalue weighted by atomic mass is 16.2. The predicted octanol–water partition coefficient (Wildman–Crippen LogP) is 4.47. The lowest BCUT2D eigenvalue weighted by molar-refractivity contribution is -0.117. The Morgan fingerprint density at radius 1 is 1.11 bits per heavy atom. The molecule has 138 valence electrons. The third-order valence-corrected chi connectivity index (χ3v) is 5.39. The fourth-order valence-corrected chi connectivity index (χ4v) is 3.74. The molecule has 0 spiro atoms. The van der Waals surface area contributed by atoms with Crippen molar-refractivity contribution in [3.63, 3.8) is 0 Å². The van der Waals surface area contributed by atoms with Crippen molar-refractivity contribution < 1.29 is 9.59 Å². The lowest BCUT2D eigenvalue weighted by atomic mass is 10.1. The molecule has 1 fully saturated rings. The summed E-state index contributed by atoms with van der Waals surface area (Å²) >= 11 is 0. The van der Waals surface area contributed by atoms with Crippen molar-refractivity contribution in [2.45, 2.75) is 33.6 Å². The van der Waals surface area contributed by atoms with Gasteiger partial charge in [-0.3, -0.25) is 9.59 Å².